The lowest BCUT2D eigenvalue weighted by molar-refractivity contribution is -0.159. The van der Waals surface area contributed by atoms with Crippen LogP contribution in [0.2, 0.25) is 0 Å². The summed E-state index contributed by atoms with van der Waals surface area (Å²) >= 11 is 1.38. The molecule has 5 atom stereocenters. The molecular formula is C55H74N8O9S. The Bertz CT molecular complexity index is 2690. The maximum atomic E-state index is 14.9. The van der Waals surface area contributed by atoms with Gasteiger partial charge in [0.05, 0.1) is 60.5 Å². The van der Waals surface area contributed by atoms with Crippen LogP contribution in [0.25, 0.3) is 33.4 Å². The number of benzene rings is 1. The molecular weight excluding hydrogens is 949 g/mol. The van der Waals surface area contributed by atoms with Crippen molar-refractivity contribution >= 4 is 45.7 Å². The Morgan fingerprint density at radius 3 is 2.60 bits per heavy atom. The average molecular weight is 1020 g/mol. The average Bonchev–Trinajstić information content (AvgIpc) is 3.70. The number of hydrogen-bond donors (Lipinski definition) is 2. The van der Waals surface area contributed by atoms with E-state index in [0.29, 0.717) is 75.7 Å². The second-order valence-corrected chi connectivity index (χ2v) is 23.0. The monoisotopic (exact) mass is 1020 g/mol. The predicted molar refractivity (Wildman–Crippen MR) is 277 cm³/mol. The quantitative estimate of drug-likeness (QED) is 0.135. The van der Waals surface area contributed by atoms with Crippen LogP contribution in [0.1, 0.15) is 116 Å². The molecule has 394 valence electrons. The van der Waals surface area contributed by atoms with E-state index in [4.69, 9.17) is 39.8 Å². The number of cyclic esters (lactones) is 1. The maximum Gasteiger partial charge on any atom is 0.324 e. The first-order valence-electron chi connectivity index (χ1n) is 27.5. The molecule has 2 N–H and O–H groups in total. The van der Waals surface area contributed by atoms with Gasteiger partial charge in [-0.3, -0.25) is 29.3 Å². The number of esters is 1. The van der Waals surface area contributed by atoms with E-state index in [9.17, 15) is 14.4 Å². The molecule has 17 nitrogen and oxygen atoms in total. The zero-order valence-corrected chi connectivity index (χ0v) is 44.0. The second-order valence-electron chi connectivity index (χ2n) is 22.1. The van der Waals surface area contributed by atoms with Gasteiger partial charge in [0.25, 0.3) is 11.8 Å². The summed E-state index contributed by atoms with van der Waals surface area (Å²) in [6.45, 7) is 15.2. The highest BCUT2D eigenvalue weighted by molar-refractivity contribution is 7.10. The first-order valence-corrected chi connectivity index (χ1v) is 27.7. The van der Waals surface area contributed by atoms with Crippen LogP contribution in [0, 0.1) is 11.3 Å². The zero-order valence-electron chi connectivity index (χ0n) is 44.2. The summed E-state index contributed by atoms with van der Waals surface area (Å²) in [6.07, 6.45) is 7.35. The van der Waals surface area contributed by atoms with E-state index >= 15 is 0 Å². The van der Waals surface area contributed by atoms with Crippen molar-refractivity contribution in [1.82, 2.24) is 35.2 Å². The van der Waals surface area contributed by atoms with Gasteiger partial charge in [0.1, 0.15) is 28.8 Å². The van der Waals surface area contributed by atoms with Gasteiger partial charge in [-0.1, -0.05) is 19.9 Å². The minimum atomic E-state index is -1.21. The molecule has 18 heteroatoms. The minimum Gasteiger partial charge on any atom is -0.464 e. The Morgan fingerprint density at radius 2 is 1.86 bits per heavy atom. The molecule has 5 saturated heterocycles. The number of methoxy groups -OCH3 is 1. The lowest BCUT2D eigenvalue weighted by atomic mass is 9.72. The summed E-state index contributed by atoms with van der Waals surface area (Å²) in [5.41, 5.74) is 9.16. The van der Waals surface area contributed by atoms with Crippen LogP contribution >= 0.6 is 11.3 Å². The van der Waals surface area contributed by atoms with Crippen molar-refractivity contribution in [2.24, 2.45) is 11.3 Å². The molecule has 0 unspecified atom stereocenters. The maximum absolute atomic E-state index is 14.9. The van der Waals surface area contributed by atoms with E-state index in [-0.39, 0.29) is 44.3 Å². The van der Waals surface area contributed by atoms with Crippen molar-refractivity contribution in [2.45, 2.75) is 147 Å². The summed E-state index contributed by atoms with van der Waals surface area (Å²) in [4.78, 5) is 59.1. The molecule has 4 aromatic rings. The van der Waals surface area contributed by atoms with Crippen molar-refractivity contribution in [3.63, 3.8) is 0 Å². The standard InChI is InChI=1S/C55H74N8O9S/c1-7-69-49-47(58-53(66)55-27-36(28-55)33(2)72-55)51(64)63-16-8-9-43(59-63)52(65)71-32-54(4,5)29-42-40-25-35(44-31-73-50(49)57-44)10-13-45(40)62(21-24-70-39-14-22-68-23-15-39)48(42)41-26-38(30-56-46(41)34(3)67-6)61-19-17-60(18-20-61)37-11-12-37/h10,13,25-26,30-31,33-34,36-37,39,43,47,49,59H,7-9,11-12,14-24,27-29,32H2,1-6H3,(H,58,66)/t33-,34-,36?,43-,47-,49-,55?/m0/s1/i2D. The van der Waals surface area contributed by atoms with Crippen molar-refractivity contribution in [3.8, 4) is 22.5 Å². The fourth-order valence-corrected chi connectivity index (χ4v) is 12.9. The van der Waals surface area contributed by atoms with Crippen LogP contribution in [0.3, 0.4) is 0 Å². The summed E-state index contributed by atoms with van der Waals surface area (Å²) < 4.78 is 47.8. The highest BCUT2D eigenvalue weighted by Crippen LogP contribution is 2.52. The number of rotatable bonds is 13. The molecule has 2 aliphatic carbocycles. The molecule has 2 amide bonds. The summed E-state index contributed by atoms with van der Waals surface area (Å²) in [5, 5.41) is 8.07. The van der Waals surface area contributed by atoms with Crippen LogP contribution in [-0.4, -0.2) is 151 Å². The number of hydrogen-bond acceptors (Lipinski definition) is 15. The predicted octanol–water partition coefficient (Wildman–Crippen LogP) is 6.77. The van der Waals surface area contributed by atoms with Crippen LogP contribution in [0.4, 0.5) is 5.69 Å². The van der Waals surface area contributed by atoms with Gasteiger partial charge in [0, 0.05) is 106 Å². The minimum absolute atomic E-state index is 0.0682. The number of carbonyl (C=O) groups is 3. The normalized spacial score (nSPS) is 28.6. The number of ether oxygens (including phenoxy) is 6. The number of thiazole rings is 1. The number of piperazine rings is 1. The Kier molecular flexibility index (Phi) is 14.1. The van der Waals surface area contributed by atoms with Crippen LogP contribution in [0.15, 0.2) is 35.8 Å². The number of carbonyl (C=O) groups excluding carboxylic acids is 3. The van der Waals surface area contributed by atoms with Crippen molar-refractivity contribution in [1.29, 1.82) is 0 Å². The fourth-order valence-electron chi connectivity index (χ4n) is 12.0. The molecule has 8 bridgehead atoms. The molecule has 73 heavy (non-hydrogen) atoms. The summed E-state index contributed by atoms with van der Waals surface area (Å²) in [6, 6.07) is 7.52. The van der Waals surface area contributed by atoms with E-state index in [1.807, 2.05) is 18.5 Å². The Labute approximate surface area is 434 Å². The SMILES string of the molecule is [2H]C[C@@H]1OC2(C(=O)N[C@@H]3C(=O)N4CCC[C@H](N4)C(=O)OCC(C)(C)Cc4c(-c5cc(N6CCN(C7CC7)CC6)cnc5[C@H](C)OC)n(CCOC5CCOCC5)c5ccc(cc45)-c4csc(n4)[C@H]3OCC)CC1C2. The van der Waals surface area contributed by atoms with Gasteiger partial charge in [-0.15, -0.1) is 11.3 Å². The third-order valence-electron chi connectivity index (χ3n) is 16.4. The number of aromatic nitrogens is 3. The van der Waals surface area contributed by atoms with Gasteiger partial charge in [0.15, 0.2) is 0 Å². The van der Waals surface area contributed by atoms with Gasteiger partial charge in [0.2, 0.25) is 0 Å². The largest absolute Gasteiger partial charge is 0.464 e. The number of anilines is 1. The summed E-state index contributed by atoms with van der Waals surface area (Å²) in [5.74, 6) is -1.17. The van der Waals surface area contributed by atoms with Crippen LogP contribution < -0.4 is 15.6 Å². The number of amides is 2. The number of pyridine rings is 1. The van der Waals surface area contributed by atoms with Crippen molar-refractivity contribution in [3.05, 3.63) is 52.1 Å². The molecule has 6 aliphatic heterocycles. The molecule has 12 rings (SSSR count). The number of nitrogens with one attached hydrogen (secondary N) is 2. The molecule has 0 radical (unpaired) electrons. The number of nitrogens with zero attached hydrogens (tertiary/aromatic N) is 6. The van der Waals surface area contributed by atoms with E-state index in [2.05, 4.69) is 70.1 Å². The Balaban J connectivity index is 1.04. The van der Waals surface area contributed by atoms with Gasteiger partial charge < -0.3 is 43.2 Å². The third kappa shape index (κ3) is 10.2. The molecule has 8 aliphatic rings. The van der Waals surface area contributed by atoms with E-state index in [0.717, 1.165) is 89.7 Å². The lowest BCUT2D eigenvalue weighted by Crippen LogP contribution is -2.63. The van der Waals surface area contributed by atoms with Gasteiger partial charge in [-0.25, -0.2) is 10.4 Å². The fraction of sp³-hybridized carbons (Fsp3) is 0.655. The van der Waals surface area contributed by atoms with Gasteiger partial charge in [-0.2, -0.15) is 0 Å². The first-order chi connectivity index (χ1) is 35.9. The second kappa shape index (κ2) is 20.9. The third-order valence-corrected chi connectivity index (χ3v) is 17.3. The lowest BCUT2D eigenvalue weighted by Gasteiger charge is -2.39. The Hall–Kier alpha value is -4.53. The highest BCUT2D eigenvalue weighted by atomic mass is 32.1. The van der Waals surface area contributed by atoms with Crippen molar-refractivity contribution < 1.29 is 44.2 Å². The number of fused-ring (bicyclic) bond motifs is 7. The molecule has 9 heterocycles. The van der Waals surface area contributed by atoms with Crippen LogP contribution in [-0.2, 0) is 55.8 Å². The van der Waals surface area contributed by atoms with Gasteiger partial charge in [-0.05, 0) is 108 Å². The zero-order chi connectivity index (χ0) is 51.3. The van der Waals surface area contributed by atoms with E-state index in [1.54, 1.807) is 7.11 Å². The highest BCUT2D eigenvalue weighted by Gasteiger charge is 2.61. The summed E-state index contributed by atoms with van der Waals surface area (Å²) in [7, 11) is 1.73. The number of hydrazine groups is 1. The smallest absolute Gasteiger partial charge is 0.324 e. The topological polar surface area (TPSA) is 171 Å². The van der Waals surface area contributed by atoms with E-state index in [1.165, 1.54) is 29.2 Å². The molecule has 3 aromatic heterocycles. The first kappa shape index (κ1) is 49.4. The van der Waals surface area contributed by atoms with E-state index < -0.39 is 47.0 Å². The molecule has 2 saturated carbocycles. The van der Waals surface area contributed by atoms with Crippen molar-refractivity contribution in [2.75, 3.05) is 77.8 Å². The molecule has 0 spiro atoms. The van der Waals surface area contributed by atoms with Gasteiger partial charge >= 0.3 is 5.97 Å². The molecule has 7 fully saturated rings. The molecule has 1 aromatic carbocycles. The van der Waals surface area contributed by atoms with Crippen LogP contribution in [0.5, 0.6) is 0 Å². The Morgan fingerprint density at radius 1 is 1.05 bits per heavy atom.